The molecule has 1 nitrogen and oxygen atoms in total. The highest BCUT2D eigenvalue weighted by Crippen LogP contribution is 2.36. The first-order valence-electron chi connectivity index (χ1n) is 7.90. The molecule has 100 valence electrons. The van der Waals surface area contributed by atoms with Crippen molar-refractivity contribution in [3.8, 4) is 0 Å². The Bertz CT molecular complexity index is 220. The Balaban J connectivity index is 1.69. The molecule has 17 heavy (non-hydrogen) atoms. The second-order valence-electron chi connectivity index (χ2n) is 6.99. The number of rotatable bonds is 7. The molecule has 0 aromatic rings. The molecule has 0 aliphatic heterocycles. The lowest BCUT2D eigenvalue weighted by molar-refractivity contribution is 0.331. The molecule has 3 unspecified atom stereocenters. The molecule has 1 heteroatoms. The normalized spacial score (nSPS) is 31.1. The van der Waals surface area contributed by atoms with Crippen molar-refractivity contribution in [2.24, 2.45) is 23.7 Å². The highest BCUT2D eigenvalue weighted by atomic mass is 14.9. The van der Waals surface area contributed by atoms with Gasteiger partial charge in [0.25, 0.3) is 0 Å². The molecule has 1 N–H and O–H groups in total. The van der Waals surface area contributed by atoms with Gasteiger partial charge in [0.05, 0.1) is 0 Å². The van der Waals surface area contributed by atoms with Gasteiger partial charge in [-0.3, -0.25) is 0 Å². The fourth-order valence-electron chi connectivity index (χ4n) is 3.34. The molecule has 2 rings (SSSR count). The molecule has 0 saturated heterocycles. The van der Waals surface area contributed by atoms with Crippen LogP contribution in [0.2, 0.25) is 0 Å². The van der Waals surface area contributed by atoms with Crippen LogP contribution in [0.4, 0.5) is 0 Å². The maximum absolute atomic E-state index is 3.91. The molecular formula is C16H31N. The summed E-state index contributed by atoms with van der Waals surface area (Å²) in [6, 6.07) is 0.838. The van der Waals surface area contributed by atoms with Gasteiger partial charge in [0, 0.05) is 6.04 Å². The zero-order chi connectivity index (χ0) is 12.3. The van der Waals surface area contributed by atoms with Crippen molar-refractivity contribution in [3.05, 3.63) is 0 Å². The van der Waals surface area contributed by atoms with E-state index in [0.717, 1.165) is 29.7 Å². The van der Waals surface area contributed by atoms with Crippen molar-refractivity contribution in [2.45, 2.75) is 71.8 Å². The monoisotopic (exact) mass is 237 g/mol. The van der Waals surface area contributed by atoms with E-state index in [1.54, 1.807) is 0 Å². The maximum Gasteiger partial charge on any atom is 0.00955 e. The van der Waals surface area contributed by atoms with Crippen LogP contribution in [-0.4, -0.2) is 12.6 Å². The Kier molecular flexibility index (Phi) is 4.90. The third-order valence-electron chi connectivity index (χ3n) is 4.93. The second kappa shape index (κ2) is 6.22. The Hall–Kier alpha value is -0.0400. The number of hydrogen-bond acceptors (Lipinski definition) is 1. The summed E-state index contributed by atoms with van der Waals surface area (Å²) in [5, 5.41) is 3.91. The van der Waals surface area contributed by atoms with Crippen molar-refractivity contribution in [1.82, 2.24) is 5.32 Å². The summed E-state index contributed by atoms with van der Waals surface area (Å²) >= 11 is 0. The number of nitrogens with one attached hydrogen (secondary N) is 1. The van der Waals surface area contributed by atoms with Gasteiger partial charge < -0.3 is 5.32 Å². The predicted molar refractivity (Wildman–Crippen MR) is 75.1 cm³/mol. The van der Waals surface area contributed by atoms with Gasteiger partial charge in [-0.2, -0.15) is 0 Å². The third-order valence-corrected chi connectivity index (χ3v) is 4.93. The van der Waals surface area contributed by atoms with Crippen LogP contribution in [0.3, 0.4) is 0 Å². The van der Waals surface area contributed by atoms with Gasteiger partial charge in [-0.1, -0.05) is 33.6 Å². The van der Waals surface area contributed by atoms with Crippen molar-refractivity contribution < 1.29 is 0 Å². The van der Waals surface area contributed by atoms with E-state index in [1.165, 1.54) is 51.5 Å². The standard InChI is InChI=1S/C16H31N/c1-12(2)7-10-16(14-8-9-14)17-11-15-6-4-5-13(15)3/h12-17H,4-11H2,1-3H3. The lowest BCUT2D eigenvalue weighted by Crippen LogP contribution is -2.36. The molecule has 0 bridgehead atoms. The summed E-state index contributed by atoms with van der Waals surface area (Å²) in [4.78, 5) is 0. The minimum Gasteiger partial charge on any atom is -0.313 e. The zero-order valence-electron chi connectivity index (χ0n) is 12.0. The largest absolute Gasteiger partial charge is 0.313 e. The van der Waals surface area contributed by atoms with Crippen molar-refractivity contribution in [2.75, 3.05) is 6.54 Å². The van der Waals surface area contributed by atoms with E-state index in [-0.39, 0.29) is 0 Å². The summed E-state index contributed by atoms with van der Waals surface area (Å²) in [7, 11) is 0. The SMILES string of the molecule is CC(C)CCC(NCC1CCCC1C)C1CC1. The van der Waals surface area contributed by atoms with Crippen LogP contribution in [0.5, 0.6) is 0 Å². The van der Waals surface area contributed by atoms with Gasteiger partial charge in [-0.15, -0.1) is 0 Å². The summed E-state index contributed by atoms with van der Waals surface area (Å²) in [5.41, 5.74) is 0. The van der Waals surface area contributed by atoms with Crippen LogP contribution < -0.4 is 5.32 Å². The molecule has 0 aromatic carbocycles. The molecule has 0 aromatic heterocycles. The van der Waals surface area contributed by atoms with Gasteiger partial charge in [0.15, 0.2) is 0 Å². The first-order valence-corrected chi connectivity index (χ1v) is 7.90. The molecule has 2 saturated carbocycles. The van der Waals surface area contributed by atoms with E-state index in [1.807, 2.05) is 0 Å². The minimum atomic E-state index is 0.838. The lowest BCUT2D eigenvalue weighted by Gasteiger charge is -2.23. The van der Waals surface area contributed by atoms with Crippen LogP contribution in [0.25, 0.3) is 0 Å². The molecule has 2 aliphatic rings. The third kappa shape index (κ3) is 4.28. The van der Waals surface area contributed by atoms with Gasteiger partial charge in [0.2, 0.25) is 0 Å². The van der Waals surface area contributed by atoms with Gasteiger partial charge >= 0.3 is 0 Å². The van der Waals surface area contributed by atoms with E-state index in [4.69, 9.17) is 0 Å². The Morgan fingerprint density at radius 2 is 1.82 bits per heavy atom. The van der Waals surface area contributed by atoms with Gasteiger partial charge in [-0.05, 0) is 62.3 Å². The molecule has 0 amide bonds. The first-order chi connectivity index (χ1) is 8.16. The molecule has 0 heterocycles. The highest BCUT2D eigenvalue weighted by Gasteiger charge is 2.32. The quantitative estimate of drug-likeness (QED) is 0.699. The first kappa shape index (κ1) is 13.4. The summed E-state index contributed by atoms with van der Waals surface area (Å²) < 4.78 is 0. The molecule has 2 aliphatic carbocycles. The second-order valence-corrected chi connectivity index (χ2v) is 6.99. The van der Waals surface area contributed by atoms with Gasteiger partial charge in [-0.25, -0.2) is 0 Å². The van der Waals surface area contributed by atoms with Crippen LogP contribution in [0.15, 0.2) is 0 Å². The lowest BCUT2D eigenvalue weighted by atomic mass is 9.96. The van der Waals surface area contributed by atoms with Crippen molar-refractivity contribution >= 4 is 0 Å². The maximum atomic E-state index is 3.91. The summed E-state index contributed by atoms with van der Waals surface area (Å²) in [6.45, 7) is 8.44. The minimum absolute atomic E-state index is 0.838. The van der Waals surface area contributed by atoms with Crippen molar-refractivity contribution in [1.29, 1.82) is 0 Å². The molecule has 3 atom stereocenters. The average Bonchev–Trinajstić information content (AvgIpc) is 3.03. The smallest absolute Gasteiger partial charge is 0.00955 e. The zero-order valence-corrected chi connectivity index (χ0v) is 12.0. The topological polar surface area (TPSA) is 12.0 Å². The summed E-state index contributed by atoms with van der Waals surface area (Å²) in [6.07, 6.45) is 10.2. The van der Waals surface area contributed by atoms with Crippen LogP contribution in [-0.2, 0) is 0 Å². The van der Waals surface area contributed by atoms with E-state index in [9.17, 15) is 0 Å². The fraction of sp³-hybridized carbons (Fsp3) is 1.00. The van der Waals surface area contributed by atoms with E-state index in [0.29, 0.717) is 0 Å². The molecule has 0 radical (unpaired) electrons. The van der Waals surface area contributed by atoms with Crippen LogP contribution in [0.1, 0.15) is 65.7 Å². The van der Waals surface area contributed by atoms with Gasteiger partial charge in [0.1, 0.15) is 0 Å². The molecule has 2 fully saturated rings. The Morgan fingerprint density at radius 3 is 2.35 bits per heavy atom. The van der Waals surface area contributed by atoms with Crippen LogP contribution in [0, 0.1) is 23.7 Å². The van der Waals surface area contributed by atoms with Crippen molar-refractivity contribution in [3.63, 3.8) is 0 Å². The number of hydrogen-bond donors (Lipinski definition) is 1. The summed E-state index contributed by atoms with van der Waals surface area (Å²) in [5.74, 6) is 3.82. The molecular weight excluding hydrogens is 206 g/mol. The fourth-order valence-corrected chi connectivity index (χ4v) is 3.34. The average molecular weight is 237 g/mol. The van der Waals surface area contributed by atoms with Crippen LogP contribution >= 0.6 is 0 Å². The van der Waals surface area contributed by atoms with E-state index >= 15 is 0 Å². The Morgan fingerprint density at radius 1 is 1.06 bits per heavy atom. The predicted octanol–water partition coefficient (Wildman–Crippen LogP) is 4.23. The van der Waals surface area contributed by atoms with E-state index in [2.05, 4.69) is 26.1 Å². The Labute approximate surface area is 108 Å². The molecule has 0 spiro atoms. The highest BCUT2D eigenvalue weighted by molar-refractivity contribution is 4.88. The van der Waals surface area contributed by atoms with E-state index < -0.39 is 0 Å².